The number of hydrogen-bond acceptors (Lipinski definition) is 4. The summed E-state index contributed by atoms with van der Waals surface area (Å²) in [6.07, 6.45) is 2.39. The maximum atomic E-state index is 5.49. The van der Waals surface area contributed by atoms with Gasteiger partial charge in [-0.3, -0.25) is 0 Å². The van der Waals surface area contributed by atoms with E-state index in [2.05, 4.69) is 15.3 Å². The van der Waals surface area contributed by atoms with Crippen LogP contribution < -0.4 is 5.32 Å². The van der Waals surface area contributed by atoms with Gasteiger partial charge in [0.25, 0.3) is 0 Å². The van der Waals surface area contributed by atoms with Gasteiger partial charge >= 0.3 is 0 Å². The normalized spacial score (nSPS) is 19.5. The Labute approximate surface area is 113 Å². The highest BCUT2D eigenvalue weighted by Crippen LogP contribution is 2.18. The molecular formula is C15H19N3O. The molecule has 3 rings (SSSR count). The number of benzene rings is 1. The summed E-state index contributed by atoms with van der Waals surface area (Å²) in [5, 5.41) is 3.42. The number of hydrogen-bond donors (Lipinski definition) is 1. The summed E-state index contributed by atoms with van der Waals surface area (Å²) in [4.78, 5) is 9.23. The first-order valence-electron chi connectivity index (χ1n) is 6.88. The van der Waals surface area contributed by atoms with Gasteiger partial charge in [0.05, 0.1) is 23.3 Å². The molecule has 100 valence electrons. The van der Waals surface area contributed by atoms with E-state index in [0.717, 1.165) is 48.7 Å². The molecule has 1 saturated heterocycles. The van der Waals surface area contributed by atoms with Gasteiger partial charge in [0.1, 0.15) is 5.82 Å². The van der Waals surface area contributed by atoms with E-state index < -0.39 is 0 Å². The fourth-order valence-electron chi connectivity index (χ4n) is 2.47. The average Bonchev–Trinajstić information content (AvgIpc) is 2.46. The Morgan fingerprint density at radius 1 is 1.26 bits per heavy atom. The monoisotopic (exact) mass is 257 g/mol. The summed E-state index contributed by atoms with van der Waals surface area (Å²) in [5.41, 5.74) is 2.84. The van der Waals surface area contributed by atoms with E-state index in [1.54, 1.807) is 0 Å². The van der Waals surface area contributed by atoms with Crippen LogP contribution in [0.5, 0.6) is 0 Å². The van der Waals surface area contributed by atoms with Crippen LogP contribution in [-0.2, 0) is 4.74 Å². The molecule has 1 unspecified atom stereocenters. The molecule has 2 heterocycles. The molecule has 1 aromatic heterocycles. The molecule has 1 aromatic carbocycles. The highest BCUT2D eigenvalue weighted by molar-refractivity contribution is 5.76. The average molecular weight is 257 g/mol. The minimum absolute atomic E-state index is 0.585. The second kappa shape index (κ2) is 5.53. The van der Waals surface area contributed by atoms with Crippen molar-refractivity contribution < 1.29 is 4.74 Å². The molecule has 2 aromatic rings. The molecule has 1 N–H and O–H groups in total. The zero-order valence-electron chi connectivity index (χ0n) is 11.2. The van der Waals surface area contributed by atoms with E-state index in [4.69, 9.17) is 4.74 Å². The molecule has 0 bridgehead atoms. The van der Waals surface area contributed by atoms with Crippen molar-refractivity contribution in [2.45, 2.75) is 19.8 Å². The van der Waals surface area contributed by atoms with Crippen molar-refractivity contribution in [2.75, 3.05) is 25.1 Å². The molecule has 1 aliphatic rings. The second-order valence-electron chi connectivity index (χ2n) is 5.11. The predicted octanol–water partition coefficient (Wildman–Crippen LogP) is 2.78. The van der Waals surface area contributed by atoms with Crippen LogP contribution in [0.2, 0.25) is 0 Å². The molecule has 4 nitrogen and oxygen atoms in total. The van der Waals surface area contributed by atoms with Crippen LogP contribution in [-0.4, -0.2) is 29.7 Å². The SMILES string of the molecule is Cc1nc2ccccc2nc1NCC1CCCOC1. The zero-order chi connectivity index (χ0) is 13.1. The third-order valence-corrected chi connectivity index (χ3v) is 3.56. The number of aromatic nitrogens is 2. The molecule has 1 atom stereocenters. The van der Waals surface area contributed by atoms with Crippen molar-refractivity contribution in [2.24, 2.45) is 5.92 Å². The topological polar surface area (TPSA) is 47.0 Å². The first-order chi connectivity index (χ1) is 9.33. The number of nitrogens with one attached hydrogen (secondary N) is 1. The Balaban J connectivity index is 1.74. The summed E-state index contributed by atoms with van der Waals surface area (Å²) < 4.78 is 5.49. The fraction of sp³-hybridized carbons (Fsp3) is 0.467. The number of nitrogens with zero attached hydrogens (tertiary/aromatic N) is 2. The van der Waals surface area contributed by atoms with Crippen molar-refractivity contribution in [1.82, 2.24) is 9.97 Å². The van der Waals surface area contributed by atoms with Crippen LogP contribution in [0, 0.1) is 12.8 Å². The lowest BCUT2D eigenvalue weighted by Gasteiger charge is -2.22. The largest absolute Gasteiger partial charge is 0.381 e. The highest BCUT2D eigenvalue weighted by atomic mass is 16.5. The van der Waals surface area contributed by atoms with Crippen LogP contribution in [0.15, 0.2) is 24.3 Å². The number of anilines is 1. The molecule has 1 fully saturated rings. The first-order valence-corrected chi connectivity index (χ1v) is 6.88. The van der Waals surface area contributed by atoms with E-state index in [-0.39, 0.29) is 0 Å². The summed E-state index contributed by atoms with van der Waals surface area (Å²) >= 11 is 0. The third-order valence-electron chi connectivity index (χ3n) is 3.56. The van der Waals surface area contributed by atoms with Crippen molar-refractivity contribution in [3.05, 3.63) is 30.0 Å². The molecule has 1 aliphatic heterocycles. The van der Waals surface area contributed by atoms with Gasteiger partial charge in [0.15, 0.2) is 0 Å². The lowest BCUT2D eigenvalue weighted by Crippen LogP contribution is -2.24. The summed E-state index contributed by atoms with van der Waals surface area (Å²) in [5.74, 6) is 1.48. The molecule has 0 amide bonds. The molecule has 0 aliphatic carbocycles. The molecule has 0 saturated carbocycles. The van der Waals surface area contributed by atoms with E-state index in [1.165, 1.54) is 6.42 Å². The van der Waals surface area contributed by atoms with Gasteiger partial charge in [0.2, 0.25) is 0 Å². The smallest absolute Gasteiger partial charge is 0.148 e. The van der Waals surface area contributed by atoms with Crippen LogP contribution in [0.4, 0.5) is 5.82 Å². The number of fused-ring (bicyclic) bond motifs is 1. The minimum atomic E-state index is 0.585. The van der Waals surface area contributed by atoms with Gasteiger partial charge in [-0.25, -0.2) is 9.97 Å². The van der Waals surface area contributed by atoms with Gasteiger partial charge in [-0.2, -0.15) is 0 Å². The van der Waals surface area contributed by atoms with Crippen molar-refractivity contribution in [1.29, 1.82) is 0 Å². The Hall–Kier alpha value is -1.68. The summed E-state index contributed by atoms with van der Waals surface area (Å²) in [6.45, 7) is 4.67. The zero-order valence-corrected chi connectivity index (χ0v) is 11.2. The maximum absolute atomic E-state index is 5.49. The second-order valence-corrected chi connectivity index (χ2v) is 5.11. The molecule has 4 heteroatoms. The van der Waals surface area contributed by atoms with Gasteiger partial charge in [-0.05, 0) is 37.8 Å². The van der Waals surface area contributed by atoms with E-state index >= 15 is 0 Å². The quantitative estimate of drug-likeness (QED) is 0.918. The van der Waals surface area contributed by atoms with E-state index in [9.17, 15) is 0 Å². The van der Waals surface area contributed by atoms with Gasteiger partial charge in [0, 0.05) is 13.2 Å². The number of aryl methyl sites for hydroxylation is 1. The highest BCUT2D eigenvalue weighted by Gasteiger charge is 2.14. The van der Waals surface area contributed by atoms with Crippen LogP contribution in [0.25, 0.3) is 11.0 Å². The van der Waals surface area contributed by atoms with Gasteiger partial charge in [-0.15, -0.1) is 0 Å². The Bertz CT molecular complexity index is 564. The first kappa shape index (κ1) is 12.4. The lowest BCUT2D eigenvalue weighted by atomic mass is 10.0. The predicted molar refractivity (Wildman–Crippen MR) is 76.3 cm³/mol. The Morgan fingerprint density at radius 2 is 2.05 bits per heavy atom. The fourth-order valence-corrected chi connectivity index (χ4v) is 2.47. The number of para-hydroxylation sites is 2. The molecule has 19 heavy (non-hydrogen) atoms. The summed E-state index contributed by atoms with van der Waals surface area (Å²) in [6, 6.07) is 7.97. The Morgan fingerprint density at radius 3 is 2.79 bits per heavy atom. The minimum Gasteiger partial charge on any atom is -0.381 e. The lowest BCUT2D eigenvalue weighted by molar-refractivity contribution is 0.0595. The van der Waals surface area contributed by atoms with Gasteiger partial charge in [-0.1, -0.05) is 12.1 Å². The third kappa shape index (κ3) is 2.84. The van der Waals surface area contributed by atoms with E-state index in [0.29, 0.717) is 5.92 Å². The summed E-state index contributed by atoms with van der Waals surface area (Å²) in [7, 11) is 0. The van der Waals surface area contributed by atoms with Crippen molar-refractivity contribution >= 4 is 16.9 Å². The Kier molecular flexibility index (Phi) is 3.60. The van der Waals surface area contributed by atoms with Crippen LogP contribution >= 0.6 is 0 Å². The molecular weight excluding hydrogens is 238 g/mol. The van der Waals surface area contributed by atoms with E-state index in [1.807, 2.05) is 31.2 Å². The number of ether oxygens (including phenoxy) is 1. The number of rotatable bonds is 3. The van der Waals surface area contributed by atoms with Gasteiger partial charge < -0.3 is 10.1 Å². The molecule has 0 spiro atoms. The maximum Gasteiger partial charge on any atom is 0.148 e. The van der Waals surface area contributed by atoms with Crippen molar-refractivity contribution in [3.8, 4) is 0 Å². The van der Waals surface area contributed by atoms with Crippen LogP contribution in [0.1, 0.15) is 18.5 Å². The van der Waals surface area contributed by atoms with Crippen LogP contribution in [0.3, 0.4) is 0 Å². The standard InChI is InChI=1S/C15H19N3O/c1-11-15(16-9-12-5-4-8-19-10-12)18-14-7-3-2-6-13(14)17-11/h2-3,6-7,12H,4-5,8-10H2,1H3,(H,16,18). The van der Waals surface area contributed by atoms with Crippen molar-refractivity contribution in [3.63, 3.8) is 0 Å². The molecule has 0 radical (unpaired) electrons.